The molecule has 0 spiro atoms. The van der Waals surface area contributed by atoms with Crippen LogP contribution >= 0.6 is 11.3 Å². The third-order valence-electron chi connectivity index (χ3n) is 3.23. The zero-order valence-electron chi connectivity index (χ0n) is 12.5. The molecule has 7 nitrogen and oxygen atoms in total. The fraction of sp³-hybridized carbons (Fsp3) is 0.133. The number of imidazole rings is 1. The van der Waals surface area contributed by atoms with Crippen molar-refractivity contribution in [3.63, 3.8) is 0 Å². The highest BCUT2D eigenvalue weighted by Gasteiger charge is 2.16. The average molecular weight is 330 g/mol. The first kappa shape index (κ1) is 15.0. The van der Waals surface area contributed by atoms with Crippen molar-refractivity contribution in [1.29, 1.82) is 0 Å². The molecule has 1 amide bonds. The number of phenolic OH excluding ortho intramolecular Hbond substituents is 1. The van der Waals surface area contributed by atoms with Crippen LogP contribution in [-0.4, -0.2) is 33.7 Å². The van der Waals surface area contributed by atoms with Gasteiger partial charge in [-0.25, -0.2) is 10.4 Å². The van der Waals surface area contributed by atoms with E-state index in [2.05, 4.69) is 15.5 Å². The van der Waals surface area contributed by atoms with Gasteiger partial charge in [0, 0.05) is 11.6 Å². The van der Waals surface area contributed by atoms with Crippen molar-refractivity contribution < 1.29 is 14.6 Å². The Morgan fingerprint density at radius 1 is 1.52 bits per heavy atom. The van der Waals surface area contributed by atoms with E-state index in [1.807, 2.05) is 5.38 Å². The van der Waals surface area contributed by atoms with Crippen molar-refractivity contribution in [3.8, 4) is 11.5 Å². The van der Waals surface area contributed by atoms with Gasteiger partial charge < -0.3 is 9.84 Å². The van der Waals surface area contributed by atoms with E-state index in [1.165, 1.54) is 30.7 Å². The number of benzene rings is 1. The number of hydrazone groups is 1. The second kappa shape index (κ2) is 6.09. The Bertz CT molecular complexity index is 897. The molecule has 0 aliphatic heterocycles. The van der Waals surface area contributed by atoms with Crippen LogP contribution in [0.4, 0.5) is 0 Å². The lowest BCUT2D eigenvalue weighted by Gasteiger charge is -2.03. The summed E-state index contributed by atoms with van der Waals surface area (Å²) in [7, 11) is 1.46. The van der Waals surface area contributed by atoms with Gasteiger partial charge in [-0.2, -0.15) is 5.10 Å². The fourth-order valence-electron chi connectivity index (χ4n) is 2.16. The lowest BCUT2D eigenvalue weighted by Crippen LogP contribution is -2.20. The highest BCUT2D eigenvalue weighted by molar-refractivity contribution is 7.15. The number of carbonyl (C=O) groups is 1. The lowest BCUT2D eigenvalue weighted by atomic mass is 10.2. The molecule has 1 aromatic carbocycles. The summed E-state index contributed by atoms with van der Waals surface area (Å²) in [6.45, 7) is 1.78. The summed E-state index contributed by atoms with van der Waals surface area (Å²) >= 11 is 1.46. The molecule has 118 valence electrons. The predicted molar refractivity (Wildman–Crippen MR) is 87.5 cm³/mol. The van der Waals surface area contributed by atoms with E-state index >= 15 is 0 Å². The summed E-state index contributed by atoms with van der Waals surface area (Å²) in [5.41, 5.74) is 4.27. The van der Waals surface area contributed by atoms with Gasteiger partial charge in [-0.15, -0.1) is 11.3 Å². The Morgan fingerprint density at radius 3 is 3.13 bits per heavy atom. The highest BCUT2D eigenvalue weighted by Crippen LogP contribution is 2.25. The van der Waals surface area contributed by atoms with E-state index in [9.17, 15) is 9.90 Å². The van der Waals surface area contributed by atoms with Crippen molar-refractivity contribution >= 4 is 28.4 Å². The molecular formula is C15H14N4O3S. The first-order valence-corrected chi connectivity index (χ1v) is 7.60. The molecular weight excluding hydrogens is 316 g/mol. The quantitative estimate of drug-likeness (QED) is 0.567. The van der Waals surface area contributed by atoms with Gasteiger partial charge in [0.05, 0.1) is 19.0 Å². The van der Waals surface area contributed by atoms with E-state index in [0.29, 0.717) is 22.7 Å². The van der Waals surface area contributed by atoms with Crippen LogP contribution in [0.3, 0.4) is 0 Å². The molecule has 0 aliphatic rings. The average Bonchev–Trinajstić information content (AvgIpc) is 3.08. The zero-order valence-corrected chi connectivity index (χ0v) is 13.3. The minimum atomic E-state index is -0.338. The molecule has 3 aromatic rings. The third-order valence-corrected chi connectivity index (χ3v) is 3.99. The lowest BCUT2D eigenvalue weighted by molar-refractivity contribution is 0.0948. The monoisotopic (exact) mass is 330 g/mol. The number of nitrogens with one attached hydrogen (secondary N) is 1. The van der Waals surface area contributed by atoms with E-state index in [-0.39, 0.29) is 11.7 Å². The SMILES string of the molecule is COc1cc(/C=N/NC(=O)c2c(C)nc3sccn23)ccc1O. The summed E-state index contributed by atoms with van der Waals surface area (Å²) in [6.07, 6.45) is 3.27. The number of ether oxygens (including phenoxy) is 1. The maximum absolute atomic E-state index is 12.3. The number of rotatable bonds is 4. The zero-order chi connectivity index (χ0) is 16.4. The highest BCUT2D eigenvalue weighted by atomic mass is 32.1. The number of methoxy groups -OCH3 is 1. The number of nitrogens with zero attached hydrogens (tertiary/aromatic N) is 3. The van der Waals surface area contributed by atoms with Crippen molar-refractivity contribution in [1.82, 2.24) is 14.8 Å². The number of thiazole rings is 1. The first-order valence-electron chi connectivity index (χ1n) is 6.72. The summed E-state index contributed by atoms with van der Waals surface area (Å²) < 4.78 is 6.75. The van der Waals surface area contributed by atoms with Gasteiger partial charge in [0.15, 0.2) is 16.5 Å². The predicted octanol–water partition coefficient (Wildman–Crippen LogP) is 2.18. The number of phenols is 1. The van der Waals surface area contributed by atoms with Crippen molar-refractivity contribution in [3.05, 3.63) is 46.7 Å². The molecule has 0 bridgehead atoms. The largest absolute Gasteiger partial charge is 0.504 e. The van der Waals surface area contributed by atoms with Crippen LogP contribution in [0.15, 0.2) is 34.9 Å². The summed E-state index contributed by atoms with van der Waals surface area (Å²) in [6, 6.07) is 4.78. The molecule has 0 radical (unpaired) electrons. The molecule has 0 aliphatic carbocycles. The fourth-order valence-corrected chi connectivity index (χ4v) is 2.92. The van der Waals surface area contributed by atoms with Gasteiger partial charge in [0.25, 0.3) is 5.91 Å². The second-order valence-corrected chi connectivity index (χ2v) is 5.60. The van der Waals surface area contributed by atoms with E-state index in [4.69, 9.17) is 4.74 Å². The van der Waals surface area contributed by atoms with Crippen LogP contribution in [0.25, 0.3) is 4.96 Å². The molecule has 0 saturated heterocycles. The maximum atomic E-state index is 12.3. The number of aromatic nitrogens is 2. The van der Waals surface area contributed by atoms with Crippen LogP contribution in [0.5, 0.6) is 11.5 Å². The number of hydrogen-bond acceptors (Lipinski definition) is 6. The molecule has 2 heterocycles. The van der Waals surface area contributed by atoms with Crippen molar-refractivity contribution in [2.75, 3.05) is 7.11 Å². The molecule has 2 aromatic heterocycles. The molecule has 0 unspecified atom stereocenters. The Kier molecular flexibility index (Phi) is 3.98. The van der Waals surface area contributed by atoms with E-state index in [0.717, 1.165) is 4.96 Å². The summed E-state index contributed by atoms with van der Waals surface area (Å²) in [5, 5.41) is 15.3. The molecule has 23 heavy (non-hydrogen) atoms. The van der Waals surface area contributed by atoms with Crippen molar-refractivity contribution in [2.45, 2.75) is 6.92 Å². The van der Waals surface area contributed by atoms with Crippen LogP contribution in [0, 0.1) is 6.92 Å². The standard InChI is InChI=1S/C15H14N4O3S/c1-9-13(19-5-6-23-15(19)17-9)14(21)18-16-8-10-3-4-11(20)12(7-10)22-2/h3-8,20H,1-2H3,(H,18,21)/b16-8+. The Balaban J connectivity index is 1.76. The topological polar surface area (TPSA) is 88.2 Å². The Hall–Kier alpha value is -2.87. The number of aromatic hydroxyl groups is 1. The summed E-state index contributed by atoms with van der Waals surface area (Å²) in [4.78, 5) is 17.3. The number of hydrogen-bond donors (Lipinski definition) is 2. The summed E-state index contributed by atoms with van der Waals surface area (Å²) in [5.74, 6) is 0.0470. The first-order chi connectivity index (χ1) is 11.1. The smallest absolute Gasteiger partial charge is 0.290 e. The van der Waals surface area contributed by atoms with Crippen LogP contribution < -0.4 is 10.2 Å². The van der Waals surface area contributed by atoms with Gasteiger partial charge >= 0.3 is 0 Å². The second-order valence-electron chi connectivity index (χ2n) is 4.73. The normalized spacial score (nSPS) is 11.2. The van der Waals surface area contributed by atoms with Gasteiger partial charge in [-0.3, -0.25) is 9.20 Å². The van der Waals surface area contributed by atoms with Crippen molar-refractivity contribution in [2.24, 2.45) is 5.10 Å². The molecule has 0 fully saturated rings. The van der Waals surface area contributed by atoms with Gasteiger partial charge in [0.2, 0.25) is 0 Å². The Morgan fingerprint density at radius 2 is 2.35 bits per heavy atom. The number of carbonyl (C=O) groups excluding carboxylic acids is 1. The van der Waals surface area contributed by atoms with Crippen LogP contribution in [-0.2, 0) is 0 Å². The van der Waals surface area contributed by atoms with E-state index < -0.39 is 0 Å². The van der Waals surface area contributed by atoms with Gasteiger partial charge in [0.1, 0.15) is 5.69 Å². The third kappa shape index (κ3) is 2.88. The van der Waals surface area contributed by atoms with Crippen LogP contribution in [0.1, 0.15) is 21.7 Å². The molecule has 0 atom stereocenters. The number of amides is 1. The Labute approximate surface area is 135 Å². The number of fused-ring (bicyclic) bond motifs is 1. The minimum absolute atomic E-state index is 0.0448. The molecule has 3 rings (SSSR count). The number of aryl methyl sites for hydroxylation is 1. The molecule has 8 heteroatoms. The van der Waals surface area contributed by atoms with Gasteiger partial charge in [-0.05, 0) is 30.7 Å². The van der Waals surface area contributed by atoms with Gasteiger partial charge in [-0.1, -0.05) is 0 Å². The molecule has 2 N–H and O–H groups in total. The van der Waals surface area contributed by atoms with E-state index in [1.54, 1.807) is 29.7 Å². The minimum Gasteiger partial charge on any atom is -0.504 e. The maximum Gasteiger partial charge on any atom is 0.290 e. The van der Waals surface area contributed by atoms with Crippen LogP contribution in [0.2, 0.25) is 0 Å². The molecule has 0 saturated carbocycles.